The normalized spacial score (nSPS) is 10.2. The highest BCUT2D eigenvalue weighted by molar-refractivity contribution is 9.11. The van der Waals surface area contributed by atoms with Crippen LogP contribution >= 0.6 is 31.9 Å². The molecule has 0 amide bonds. The monoisotopic (exact) mass is 310 g/mol. The fraction of sp³-hybridized carbons (Fsp3) is 0.143. The molecular formula is C7H2Br2F2N2. The van der Waals surface area contributed by atoms with E-state index in [9.17, 15) is 8.78 Å². The Morgan fingerprint density at radius 2 is 2.00 bits per heavy atom. The summed E-state index contributed by atoms with van der Waals surface area (Å²) in [5.41, 5.74) is -0.182. The lowest BCUT2D eigenvalue weighted by Gasteiger charge is -2.03. The van der Waals surface area contributed by atoms with Crippen molar-refractivity contribution >= 4 is 31.9 Å². The largest absolute Gasteiger partial charge is 0.266 e. The summed E-state index contributed by atoms with van der Waals surface area (Å²) >= 11 is 5.86. The van der Waals surface area contributed by atoms with Gasteiger partial charge in [0.25, 0.3) is 6.43 Å². The molecule has 0 fully saturated rings. The van der Waals surface area contributed by atoms with Gasteiger partial charge in [-0.25, -0.2) is 13.8 Å². The number of nitrogens with zero attached hydrogens (tertiary/aromatic N) is 2. The van der Waals surface area contributed by atoms with Gasteiger partial charge in [0.1, 0.15) is 15.3 Å². The fourth-order valence-corrected chi connectivity index (χ4v) is 1.80. The van der Waals surface area contributed by atoms with E-state index in [0.717, 1.165) is 6.07 Å². The van der Waals surface area contributed by atoms with E-state index in [1.54, 1.807) is 6.07 Å². The van der Waals surface area contributed by atoms with Crippen LogP contribution in [0.25, 0.3) is 0 Å². The van der Waals surface area contributed by atoms with Crippen molar-refractivity contribution in [3.05, 3.63) is 26.4 Å². The van der Waals surface area contributed by atoms with Gasteiger partial charge in [0.15, 0.2) is 0 Å². The zero-order valence-electron chi connectivity index (χ0n) is 6.06. The minimum Gasteiger partial charge on any atom is -0.232 e. The van der Waals surface area contributed by atoms with Gasteiger partial charge in [0.05, 0.1) is 11.1 Å². The number of hydrogen-bond donors (Lipinski definition) is 0. The van der Waals surface area contributed by atoms with Crippen molar-refractivity contribution in [3.63, 3.8) is 0 Å². The molecule has 0 aliphatic rings. The Morgan fingerprint density at radius 3 is 2.46 bits per heavy atom. The Bertz CT molecular complexity index is 373. The van der Waals surface area contributed by atoms with Crippen molar-refractivity contribution in [2.24, 2.45) is 0 Å². The van der Waals surface area contributed by atoms with E-state index in [-0.39, 0.29) is 20.3 Å². The number of alkyl halides is 2. The highest BCUT2D eigenvalue weighted by Gasteiger charge is 2.15. The van der Waals surface area contributed by atoms with Gasteiger partial charge in [0.2, 0.25) is 0 Å². The first-order chi connectivity index (χ1) is 6.06. The minimum absolute atomic E-state index is 0.0494. The number of pyridine rings is 1. The van der Waals surface area contributed by atoms with Crippen molar-refractivity contribution in [1.82, 2.24) is 4.98 Å². The molecule has 13 heavy (non-hydrogen) atoms. The van der Waals surface area contributed by atoms with Crippen LogP contribution in [0.2, 0.25) is 0 Å². The minimum atomic E-state index is -2.64. The van der Waals surface area contributed by atoms with Crippen LogP contribution in [0.4, 0.5) is 8.78 Å². The fourth-order valence-electron chi connectivity index (χ4n) is 0.717. The SMILES string of the molecule is N#Cc1cc(C(F)F)c(Br)nc1Br. The van der Waals surface area contributed by atoms with Gasteiger partial charge in [-0.3, -0.25) is 0 Å². The maximum Gasteiger partial charge on any atom is 0.266 e. The summed E-state index contributed by atoms with van der Waals surface area (Å²) in [6.07, 6.45) is -2.64. The van der Waals surface area contributed by atoms with Crippen molar-refractivity contribution in [2.75, 3.05) is 0 Å². The first-order valence-corrected chi connectivity index (χ1v) is 4.69. The van der Waals surface area contributed by atoms with Crippen LogP contribution in [-0.4, -0.2) is 4.98 Å². The molecule has 68 valence electrons. The molecule has 0 aliphatic heterocycles. The molecule has 0 N–H and O–H groups in total. The number of nitriles is 1. The van der Waals surface area contributed by atoms with Gasteiger partial charge in [-0.2, -0.15) is 5.26 Å². The van der Waals surface area contributed by atoms with Crippen molar-refractivity contribution in [2.45, 2.75) is 6.43 Å². The molecule has 1 aromatic rings. The van der Waals surface area contributed by atoms with Crippen LogP contribution < -0.4 is 0 Å². The van der Waals surface area contributed by atoms with E-state index < -0.39 is 6.43 Å². The Labute approximate surface area is 89.8 Å². The molecule has 0 unspecified atom stereocenters. The average molecular weight is 312 g/mol. The Kier molecular flexibility index (Phi) is 3.33. The number of hydrogen-bond acceptors (Lipinski definition) is 2. The lowest BCUT2D eigenvalue weighted by molar-refractivity contribution is 0.150. The van der Waals surface area contributed by atoms with Gasteiger partial charge < -0.3 is 0 Å². The molecule has 1 heterocycles. The third kappa shape index (κ3) is 2.23. The summed E-state index contributed by atoms with van der Waals surface area (Å²) in [4.78, 5) is 3.70. The third-order valence-corrected chi connectivity index (χ3v) is 2.55. The molecule has 0 radical (unpaired) electrons. The van der Waals surface area contributed by atoms with E-state index in [1.807, 2.05) is 0 Å². The van der Waals surface area contributed by atoms with E-state index in [2.05, 4.69) is 36.8 Å². The van der Waals surface area contributed by atoms with E-state index >= 15 is 0 Å². The number of rotatable bonds is 1. The molecular weight excluding hydrogens is 310 g/mol. The average Bonchev–Trinajstić information content (AvgIpc) is 2.03. The lowest BCUT2D eigenvalue weighted by atomic mass is 10.2. The first-order valence-electron chi connectivity index (χ1n) is 3.10. The molecule has 0 bridgehead atoms. The first kappa shape index (κ1) is 10.5. The van der Waals surface area contributed by atoms with E-state index in [4.69, 9.17) is 5.26 Å². The van der Waals surface area contributed by atoms with Crippen molar-refractivity contribution in [1.29, 1.82) is 5.26 Å². The molecule has 0 aromatic carbocycles. The van der Waals surface area contributed by atoms with Crippen LogP contribution in [-0.2, 0) is 0 Å². The summed E-state index contributed by atoms with van der Waals surface area (Å²) in [5, 5.41) is 8.54. The van der Waals surface area contributed by atoms with Gasteiger partial charge in [0, 0.05) is 0 Å². The molecule has 0 spiro atoms. The van der Waals surface area contributed by atoms with Gasteiger partial charge in [-0.05, 0) is 37.9 Å². The lowest BCUT2D eigenvalue weighted by Crippen LogP contribution is -1.93. The quantitative estimate of drug-likeness (QED) is 0.745. The smallest absolute Gasteiger partial charge is 0.232 e. The Morgan fingerprint density at radius 1 is 1.38 bits per heavy atom. The van der Waals surface area contributed by atoms with Gasteiger partial charge >= 0.3 is 0 Å². The molecule has 6 heteroatoms. The van der Waals surface area contributed by atoms with Gasteiger partial charge in [-0.1, -0.05) is 0 Å². The Hall–Kier alpha value is -0.540. The third-order valence-electron chi connectivity index (χ3n) is 1.31. The van der Waals surface area contributed by atoms with Crippen LogP contribution in [0, 0.1) is 11.3 Å². The van der Waals surface area contributed by atoms with Crippen LogP contribution in [0.15, 0.2) is 15.3 Å². The highest BCUT2D eigenvalue weighted by Crippen LogP contribution is 2.29. The summed E-state index contributed by atoms with van der Waals surface area (Å²) in [7, 11) is 0. The summed E-state index contributed by atoms with van der Waals surface area (Å²) in [6.45, 7) is 0. The molecule has 0 saturated heterocycles. The maximum atomic E-state index is 12.3. The zero-order valence-corrected chi connectivity index (χ0v) is 9.23. The van der Waals surface area contributed by atoms with Crippen LogP contribution in [0.3, 0.4) is 0 Å². The summed E-state index contributed by atoms with van der Waals surface area (Å²) in [6, 6.07) is 2.86. The molecule has 2 nitrogen and oxygen atoms in total. The molecule has 1 rings (SSSR count). The zero-order chi connectivity index (χ0) is 10.0. The second-order valence-corrected chi connectivity index (χ2v) is 3.62. The summed E-state index contributed by atoms with van der Waals surface area (Å²) in [5.74, 6) is 0. The van der Waals surface area contributed by atoms with Crippen LogP contribution in [0.5, 0.6) is 0 Å². The number of aromatic nitrogens is 1. The maximum absolute atomic E-state index is 12.3. The second kappa shape index (κ2) is 4.11. The molecule has 0 atom stereocenters. The molecule has 1 aromatic heterocycles. The predicted octanol–water partition coefficient (Wildman–Crippen LogP) is 3.42. The van der Waals surface area contributed by atoms with E-state index in [0.29, 0.717) is 0 Å². The molecule has 0 saturated carbocycles. The number of halogens is 4. The van der Waals surface area contributed by atoms with E-state index in [1.165, 1.54) is 0 Å². The second-order valence-electron chi connectivity index (χ2n) is 2.12. The predicted molar refractivity (Wildman–Crippen MR) is 49.3 cm³/mol. The Balaban J connectivity index is 3.33. The highest BCUT2D eigenvalue weighted by atomic mass is 79.9. The van der Waals surface area contributed by atoms with Crippen LogP contribution in [0.1, 0.15) is 17.6 Å². The topological polar surface area (TPSA) is 36.7 Å². The standard InChI is InChI=1S/C7H2Br2F2N2/c8-5-3(2-12)1-4(7(10)11)6(9)13-5/h1,7H. The summed E-state index contributed by atoms with van der Waals surface area (Å²) < 4.78 is 24.9. The van der Waals surface area contributed by atoms with Gasteiger partial charge in [-0.15, -0.1) is 0 Å². The van der Waals surface area contributed by atoms with Crippen molar-refractivity contribution < 1.29 is 8.78 Å². The van der Waals surface area contributed by atoms with Crippen molar-refractivity contribution in [3.8, 4) is 6.07 Å². The molecule has 0 aliphatic carbocycles.